The summed E-state index contributed by atoms with van der Waals surface area (Å²) in [5.41, 5.74) is 2.90. The van der Waals surface area contributed by atoms with E-state index in [0.717, 1.165) is 28.6 Å². The van der Waals surface area contributed by atoms with Crippen LogP contribution < -0.4 is 14.4 Å². The van der Waals surface area contributed by atoms with Crippen LogP contribution in [0.1, 0.15) is 24.2 Å². The van der Waals surface area contributed by atoms with Gasteiger partial charge in [0, 0.05) is 29.2 Å². The molecule has 0 amide bonds. The number of rotatable bonds is 8. The zero-order chi connectivity index (χ0) is 19.9. The first-order valence-corrected chi connectivity index (χ1v) is 9.21. The van der Waals surface area contributed by atoms with Crippen molar-refractivity contribution in [2.24, 2.45) is 0 Å². The lowest BCUT2D eigenvalue weighted by Crippen LogP contribution is -2.11. The van der Waals surface area contributed by atoms with Crippen molar-refractivity contribution in [3.05, 3.63) is 78.4 Å². The van der Waals surface area contributed by atoms with Crippen molar-refractivity contribution in [3.63, 3.8) is 0 Å². The minimum absolute atomic E-state index is 0.245. The topological polar surface area (TPSA) is 59.0 Å². The summed E-state index contributed by atoms with van der Waals surface area (Å²) in [4.78, 5) is 13.2. The third kappa shape index (κ3) is 4.43. The molecule has 0 fully saturated rings. The Hall–Kier alpha value is -3.47. The Morgan fingerprint density at radius 1 is 0.786 bits per heavy atom. The Morgan fingerprint density at radius 2 is 1.29 bits per heavy atom. The molecule has 1 N–H and O–H groups in total. The molecular weight excluding hydrogens is 354 g/mol. The van der Waals surface area contributed by atoms with E-state index in [1.54, 1.807) is 24.3 Å². The van der Waals surface area contributed by atoms with E-state index in [4.69, 9.17) is 9.47 Å². The lowest BCUT2D eigenvalue weighted by Gasteiger charge is -2.26. The van der Waals surface area contributed by atoms with Gasteiger partial charge in [0.25, 0.3) is 0 Å². The molecular formula is C23H23NO4. The molecule has 5 heteroatoms. The molecule has 0 radical (unpaired) electrons. The van der Waals surface area contributed by atoms with E-state index in [9.17, 15) is 9.90 Å². The Balaban J connectivity index is 2.09. The van der Waals surface area contributed by atoms with Gasteiger partial charge in [-0.3, -0.25) is 0 Å². The second kappa shape index (κ2) is 8.95. The van der Waals surface area contributed by atoms with Gasteiger partial charge in [0.2, 0.25) is 0 Å². The molecule has 28 heavy (non-hydrogen) atoms. The highest BCUT2D eigenvalue weighted by Gasteiger charge is 2.15. The van der Waals surface area contributed by atoms with E-state index in [2.05, 4.69) is 0 Å². The average Bonchev–Trinajstić information content (AvgIpc) is 2.70. The first kappa shape index (κ1) is 19.3. The highest BCUT2D eigenvalue weighted by atomic mass is 16.5. The molecule has 0 aliphatic carbocycles. The molecule has 5 nitrogen and oxygen atoms in total. The Morgan fingerprint density at radius 3 is 1.71 bits per heavy atom. The number of carboxylic acids is 1. The van der Waals surface area contributed by atoms with Crippen molar-refractivity contribution < 1.29 is 19.4 Å². The minimum atomic E-state index is -0.949. The third-order valence-electron chi connectivity index (χ3n) is 4.15. The number of ether oxygens (including phenoxy) is 2. The van der Waals surface area contributed by atoms with Crippen molar-refractivity contribution >= 4 is 23.0 Å². The van der Waals surface area contributed by atoms with Crippen LogP contribution in [-0.4, -0.2) is 24.3 Å². The van der Waals surface area contributed by atoms with E-state index >= 15 is 0 Å². The zero-order valence-corrected chi connectivity index (χ0v) is 16.0. The van der Waals surface area contributed by atoms with Crippen molar-refractivity contribution in [2.75, 3.05) is 18.1 Å². The van der Waals surface area contributed by atoms with Gasteiger partial charge in [-0.2, -0.15) is 0 Å². The fraction of sp³-hybridized carbons (Fsp3) is 0.174. The van der Waals surface area contributed by atoms with Crippen LogP contribution in [-0.2, 0) is 0 Å². The molecule has 0 bridgehead atoms. The summed E-state index contributed by atoms with van der Waals surface area (Å²) in [5.74, 6) is 0.594. The van der Waals surface area contributed by atoms with Gasteiger partial charge in [-0.1, -0.05) is 12.1 Å². The van der Waals surface area contributed by atoms with Gasteiger partial charge in [0.1, 0.15) is 11.5 Å². The van der Waals surface area contributed by atoms with E-state index in [1.807, 2.05) is 67.3 Å². The Labute approximate surface area is 164 Å². The molecule has 0 unspecified atom stereocenters. The molecule has 0 aliphatic rings. The summed E-state index contributed by atoms with van der Waals surface area (Å²) in [6.45, 7) is 5.05. The monoisotopic (exact) mass is 377 g/mol. The number of carboxylic acid groups (broad SMARTS) is 1. The number of nitrogens with zero attached hydrogens (tertiary/aromatic N) is 1. The second-order valence-corrected chi connectivity index (χ2v) is 6.05. The van der Waals surface area contributed by atoms with Crippen LogP contribution in [0.15, 0.2) is 72.8 Å². The standard InChI is InChI=1S/C23H23NO4/c1-3-27-21-9-5-7-19(15-21)24(18-13-11-17(12-14-18)23(25)26)20-8-6-10-22(16-20)28-4-2/h5-16H,3-4H2,1-2H3,(H,25,26). The summed E-state index contributed by atoms with van der Waals surface area (Å²) < 4.78 is 11.3. The Kier molecular flexibility index (Phi) is 6.17. The predicted octanol–water partition coefficient (Wildman–Crippen LogP) is 5.65. The SMILES string of the molecule is CCOc1cccc(N(c2ccc(C(=O)O)cc2)c2cccc(OCC)c2)c1. The smallest absolute Gasteiger partial charge is 0.335 e. The molecule has 3 rings (SSSR count). The molecule has 0 aromatic heterocycles. The van der Waals surface area contributed by atoms with E-state index in [0.29, 0.717) is 13.2 Å². The van der Waals surface area contributed by atoms with E-state index in [-0.39, 0.29) is 5.56 Å². The largest absolute Gasteiger partial charge is 0.494 e. The number of benzene rings is 3. The van der Waals surface area contributed by atoms with Crippen LogP contribution in [0, 0.1) is 0 Å². The summed E-state index contributed by atoms with van der Waals surface area (Å²) in [5, 5.41) is 9.19. The quantitative estimate of drug-likeness (QED) is 0.549. The van der Waals surface area contributed by atoms with Gasteiger partial charge in [-0.25, -0.2) is 4.79 Å². The highest BCUT2D eigenvalue weighted by molar-refractivity contribution is 5.89. The fourth-order valence-electron chi connectivity index (χ4n) is 2.96. The number of hydrogen-bond acceptors (Lipinski definition) is 4. The number of aromatic carboxylic acids is 1. The number of carbonyl (C=O) groups is 1. The zero-order valence-electron chi connectivity index (χ0n) is 16.0. The molecule has 0 spiro atoms. The summed E-state index contributed by atoms with van der Waals surface area (Å²) in [6, 6.07) is 22.4. The molecule has 0 saturated heterocycles. The van der Waals surface area contributed by atoms with E-state index in [1.165, 1.54) is 0 Å². The van der Waals surface area contributed by atoms with E-state index < -0.39 is 5.97 Å². The van der Waals surface area contributed by atoms with Crippen molar-refractivity contribution in [3.8, 4) is 11.5 Å². The van der Waals surface area contributed by atoms with Crippen molar-refractivity contribution in [2.45, 2.75) is 13.8 Å². The van der Waals surface area contributed by atoms with Crippen molar-refractivity contribution in [1.82, 2.24) is 0 Å². The maximum absolute atomic E-state index is 11.2. The lowest BCUT2D eigenvalue weighted by molar-refractivity contribution is 0.0697. The van der Waals surface area contributed by atoms with Gasteiger partial charge >= 0.3 is 5.97 Å². The summed E-state index contributed by atoms with van der Waals surface area (Å²) in [7, 11) is 0. The van der Waals surface area contributed by atoms with Gasteiger partial charge < -0.3 is 19.5 Å². The molecule has 3 aromatic carbocycles. The molecule has 0 aliphatic heterocycles. The van der Waals surface area contributed by atoms with Crippen LogP contribution in [0.4, 0.5) is 17.1 Å². The van der Waals surface area contributed by atoms with Gasteiger partial charge in [-0.05, 0) is 62.4 Å². The fourth-order valence-corrected chi connectivity index (χ4v) is 2.96. The molecule has 0 heterocycles. The second-order valence-electron chi connectivity index (χ2n) is 6.05. The van der Waals surface area contributed by atoms with Crippen LogP contribution in [0.2, 0.25) is 0 Å². The molecule has 0 atom stereocenters. The van der Waals surface area contributed by atoms with Crippen LogP contribution in [0.25, 0.3) is 0 Å². The molecule has 0 saturated carbocycles. The predicted molar refractivity (Wildman–Crippen MR) is 110 cm³/mol. The van der Waals surface area contributed by atoms with Gasteiger partial charge in [0.05, 0.1) is 18.8 Å². The average molecular weight is 377 g/mol. The molecule has 144 valence electrons. The maximum atomic E-state index is 11.2. The Bertz CT molecular complexity index is 888. The maximum Gasteiger partial charge on any atom is 0.335 e. The number of anilines is 3. The van der Waals surface area contributed by atoms with Crippen LogP contribution >= 0.6 is 0 Å². The normalized spacial score (nSPS) is 10.4. The van der Waals surface area contributed by atoms with Gasteiger partial charge in [-0.15, -0.1) is 0 Å². The number of hydrogen-bond donors (Lipinski definition) is 1. The summed E-state index contributed by atoms with van der Waals surface area (Å²) in [6.07, 6.45) is 0. The van der Waals surface area contributed by atoms with Crippen LogP contribution in [0.3, 0.4) is 0 Å². The molecule has 3 aromatic rings. The van der Waals surface area contributed by atoms with Crippen molar-refractivity contribution in [1.29, 1.82) is 0 Å². The highest BCUT2D eigenvalue weighted by Crippen LogP contribution is 2.37. The van der Waals surface area contributed by atoms with Gasteiger partial charge in [0.15, 0.2) is 0 Å². The van der Waals surface area contributed by atoms with Crippen LogP contribution in [0.5, 0.6) is 11.5 Å². The summed E-state index contributed by atoms with van der Waals surface area (Å²) >= 11 is 0. The minimum Gasteiger partial charge on any atom is -0.494 e. The first-order chi connectivity index (χ1) is 13.6. The lowest BCUT2D eigenvalue weighted by atomic mass is 10.1. The first-order valence-electron chi connectivity index (χ1n) is 9.21. The third-order valence-corrected chi connectivity index (χ3v) is 4.15.